The summed E-state index contributed by atoms with van der Waals surface area (Å²) in [5.74, 6) is 0. The summed E-state index contributed by atoms with van der Waals surface area (Å²) in [5, 5.41) is 15.5. The first-order chi connectivity index (χ1) is 11.8. The topological polar surface area (TPSA) is 61.4 Å². The van der Waals surface area contributed by atoms with Crippen LogP contribution in [0.25, 0.3) is 0 Å². The highest BCUT2D eigenvalue weighted by Gasteiger charge is 2.29. The number of anilines is 1. The minimum atomic E-state index is -4.42. The molecule has 2 amide bonds. The van der Waals surface area contributed by atoms with Crippen molar-refractivity contribution in [2.75, 3.05) is 11.9 Å². The number of benzene rings is 2. The van der Waals surface area contributed by atoms with E-state index < -0.39 is 23.9 Å². The molecule has 0 aliphatic heterocycles. The van der Waals surface area contributed by atoms with Gasteiger partial charge in [0.05, 0.1) is 11.7 Å². The molecular formula is C17H16ClF3N2O2. The molecule has 0 aliphatic carbocycles. The molecule has 1 unspecified atom stereocenters. The molecule has 2 rings (SSSR count). The molecule has 0 aliphatic rings. The van der Waals surface area contributed by atoms with E-state index in [0.717, 1.165) is 12.1 Å². The van der Waals surface area contributed by atoms with Crippen LogP contribution in [0.3, 0.4) is 0 Å². The van der Waals surface area contributed by atoms with E-state index in [0.29, 0.717) is 10.6 Å². The first-order valence-electron chi connectivity index (χ1n) is 7.41. The highest BCUT2D eigenvalue weighted by molar-refractivity contribution is 6.30. The minimum absolute atomic E-state index is 0.181. The lowest BCUT2D eigenvalue weighted by Crippen LogP contribution is -2.30. The fraction of sp³-hybridized carbons (Fsp3) is 0.235. The van der Waals surface area contributed by atoms with Gasteiger partial charge in [0.2, 0.25) is 0 Å². The zero-order valence-electron chi connectivity index (χ0n) is 13.0. The van der Waals surface area contributed by atoms with E-state index in [2.05, 4.69) is 10.6 Å². The second-order valence-corrected chi connectivity index (χ2v) is 5.75. The van der Waals surface area contributed by atoms with E-state index in [1.807, 2.05) is 0 Å². The maximum absolute atomic E-state index is 12.5. The van der Waals surface area contributed by atoms with Crippen molar-refractivity contribution in [3.05, 3.63) is 64.7 Å². The standard InChI is InChI=1S/C17H16ClF3N2O2/c18-13-3-1-2-11(10-13)15(24)8-9-22-16(25)23-14-6-4-12(5-7-14)17(19,20)21/h1-7,10,15,24H,8-9H2,(H2,22,23,25). The lowest BCUT2D eigenvalue weighted by Gasteiger charge is -2.13. The number of carbonyl (C=O) groups excluding carboxylic acids is 1. The van der Waals surface area contributed by atoms with E-state index in [1.165, 1.54) is 12.1 Å². The Labute approximate surface area is 147 Å². The fourth-order valence-corrected chi connectivity index (χ4v) is 2.32. The van der Waals surface area contributed by atoms with Crippen molar-refractivity contribution in [3.63, 3.8) is 0 Å². The predicted molar refractivity (Wildman–Crippen MR) is 89.5 cm³/mol. The van der Waals surface area contributed by atoms with Crippen LogP contribution in [0.5, 0.6) is 0 Å². The van der Waals surface area contributed by atoms with Crippen LogP contribution in [0.15, 0.2) is 48.5 Å². The zero-order valence-corrected chi connectivity index (χ0v) is 13.7. The average molecular weight is 373 g/mol. The SMILES string of the molecule is O=C(NCCC(O)c1cccc(Cl)c1)Nc1ccc(C(F)(F)F)cc1. The van der Waals surface area contributed by atoms with Gasteiger partial charge >= 0.3 is 12.2 Å². The molecule has 0 radical (unpaired) electrons. The Kier molecular flexibility index (Phi) is 6.27. The van der Waals surface area contributed by atoms with E-state index in [4.69, 9.17) is 11.6 Å². The Morgan fingerprint density at radius 3 is 2.44 bits per heavy atom. The number of halogens is 4. The van der Waals surface area contributed by atoms with Gasteiger partial charge in [0.1, 0.15) is 0 Å². The highest BCUT2D eigenvalue weighted by Crippen LogP contribution is 2.29. The predicted octanol–water partition coefficient (Wildman–Crippen LogP) is 4.60. The smallest absolute Gasteiger partial charge is 0.388 e. The number of hydrogen-bond acceptors (Lipinski definition) is 2. The normalized spacial score (nSPS) is 12.5. The zero-order chi connectivity index (χ0) is 18.4. The highest BCUT2D eigenvalue weighted by atomic mass is 35.5. The van der Waals surface area contributed by atoms with Crippen molar-refractivity contribution in [1.82, 2.24) is 5.32 Å². The van der Waals surface area contributed by atoms with Crippen molar-refractivity contribution in [1.29, 1.82) is 0 Å². The number of hydrogen-bond donors (Lipinski definition) is 3. The summed E-state index contributed by atoms with van der Waals surface area (Å²) in [4.78, 5) is 11.7. The minimum Gasteiger partial charge on any atom is -0.388 e. The number of nitrogens with one attached hydrogen (secondary N) is 2. The van der Waals surface area contributed by atoms with Gasteiger partial charge in [0, 0.05) is 17.3 Å². The first kappa shape index (κ1) is 19.1. The largest absolute Gasteiger partial charge is 0.416 e. The van der Waals surface area contributed by atoms with Crippen molar-refractivity contribution >= 4 is 23.3 Å². The molecule has 0 saturated carbocycles. The summed E-state index contributed by atoms with van der Waals surface area (Å²) in [7, 11) is 0. The van der Waals surface area contributed by atoms with Gasteiger partial charge in [-0.3, -0.25) is 0 Å². The molecule has 0 bridgehead atoms. The monoisotopic (exact) mass is 372 g/mol. The van der Waals surface area contributed by atoms with Crippen molar-refractivity contribution < 1.29 is 23.1 Å². The summed E-state index contributed by atoms with van der Waals surface area (Å²) in [6.45, 7) is 0.181. The Morgan fingerprint density at radius 2 is 1.84 bits per heavy atom. The lowest BCUT2D eigenvalue weighted by molar-refractivity contribution is -0.137. The summed E-state index contributed by atoms with van der Waals surface area (Å²) < 4.78 is 37.4. The van der Waals surface area contributed by atoms with Crippen molar-refractivity contribution in [3.8, 4) is 0 Å². The Hall–Kier alpha value is -2.25. The number of carbonyl (C=O) groups is 1. The number of urea groups is 1. The van der Waals surface area contributed by atoms with Crippen molar-refractivity contribution in [2.45, 2.75) is 18.7 Å². The molecule has 2 aromatic rings. The molecular weight excluding hydrogens is 357 g/mol. The number of aliphatic hydroxyl groups excluding tert-OH is 1. The first-order valence-corrected chi connectivity index (χ1v) is 7.79. The van der Waals surface area contributed by atoms with Gasteiger partial charge in [0.15, 0.2) is 0 Å². The third kappa shape index (κ3) is 5.95. The number of alkyl halides is 3. The molecule has 0 aromatic heterocycles. The number of rotatable bonds is 5. The summed E-state index contributed by atoms with van der Waals surface area (Å²) >= 11 is 5.84. The van der Waals surface area contributed by atoms with E-state index in [9.17, 15) is 23.1 Å². The van der Waals surface area contributed by atoms with Gasteiger partial charge in [0.25, 0.3) is 0 Å². The van der Waals surface area contributed by atoms with Gasteiger partial charge in [-0.05, 0) is 48.4 Å². The van der Waals surface area contributed by atoms with Crippen LogP contribution >= 0.6 is 11.6 Å². The molecule has 3 N–H and O–H groups in total. The van der Waals surface area contributed by atoms with E-state index in [1.54, 1.807) is 24.3 Å². The third-order valence-corrected chi connectivity index (χ3v) is 3.64. The molecule has 25 heavy (non-hydrogen) atoms. The van der Waals surface area contributed by atoms with Crippen LogP contribution in [0.2, 0.25) is 5.02 Å². The second-order valence-electron chi connectivity index (χ2n) is 5.32. The van der Waals surface area contributed by atoms with Gasteiger partial charge in [-0.2, -0.15) is 13.2 Å². The lowest BCUT2D eigenvalue weighted by atomic mass is 10.1. The van der Waals surface area contributed by atoms with Gasteiger partial charge in [-0.15, -0.1) is 0 Å². The van der Waals surface area contributed by atoms with Crippen LogP contribution in [0.1, 0.15) is 23.7 Å². The van der Waals surface area contributed by atoms with Gasteiger partial charge in [-0.1, -0.05) is 23.7 Å². The molecule has 4 nitrogen and oxygen atoms in total. The molecule has 8 heteroatoms. The molecule has 2 aromatic carbocycles. The van der Waals surface area contributed by atoms with E-state index >= 15 is 0 Å². The summed E-state index contributed by atoms with van der Waals surface area (Å²) in [5.41, 5.74) is 0.0847. The molecule has 0 fully saturated rings. The quantitative estimate of drug-likeness (QED) is 0.718. The average Bonchev–Trinajstić information content (AvgIpc) is 2.54. The third-order valence-electron chi connectivity index (χ3n) is 3.41. The molecule has 134 valence electrons. The van der Waals surface area contributed by atoms with Crippen LogP contribution in [-0.2, 0) is 6.18 Å². The Morgan fingerprint density at radius 1 is 1.16 bits per heavy atom. The van der Waals surface area contributed by atoms with E-state index in [-0.39, 0.29) is 18.7 Å². The van der Waals surface area contributed by atoms with Crippen LogP contribution in [0.4, 0.5) is 23.7 Å². The summed E-state index contributed by atoms with van der Waals surface area (Å²) in [6.07, 6.45) is -4.94. The Bertz CT molecular complexity index is 721. The maximum Gasteiger partial charge on any atom is 0.416 e. The molecule has 0 heterocycles. The number of amides is 2. The van der Waals surface area contributed by atoms with Crippen LogP contribution < -0.4 is 10.6 Å². The Balaban J connectivity index is 1.79. The summed E-state index contributed by atoms with van der Waals surface area (Å²) in [6, 6.07) is 10.3. The van der Waals surface area contributed by atoms with Gasteiger partial charge < -0.3 is 15.7 Å². The van der Waals surface area contributed by atoms with Crippen LogP contribution in [0, 0.1) is 0 Å². The molecule has 1 atom stereocenters. The number of aliphatic hydroxyl groups is 1. The van der Waals surface area contributed by atoms with Crippen LogP contribution in [-0.4, -0.2) is 17.7 Å². The van der Waals surface area contributed by atoms with Crippen molar-refractivity contribution in [2.24, 2.45) is 0 Å². The second kappa shape index (κ2) is 8.22. The maximum atomic E-state index is 12.5. The molecule has 0 spiro atoms. The van der Waals surface area contributed by atoms with Gasteiger partial charge in [-0.25, -0.2) is 4.79 Å². The fourth-order valence-electron chi connectivity index (χ4n) is 2.12. The molecule has 0 saturated heterocycles.